The van der Waals surface area contributed by atoms with Crippen molar-refractivity contribution in [3.8, 4) is 0 Å². The molecule has 0 atom stereocenters. The smallest absolute Gasteiger partial charge is 0.340 e. The third-order valence-electron chi connectivity index (χ3n) is 4.26. The van der Waals surface area contributed by atoms with Gasteiger partial charge in [-0.25, -0.2) is 4.79 Å². The number of rotatable bonds is 8. The highest BCUT2D eigenvalue weighted by atomic mass is 16.5. The molecule has 1 saturated heterocycles. The van der Waals surface area contributed by atoms with Gasteiger partial charge in [0.25, 0.3) is 5.91 Å². The van der Waals surface area contributed by atoms with Crippen LogP contribution in [0.4, 0.5) is 5.69 Å². The Bertz CT molecular complexity index is 719. The fraction of sp³-hybridized carbons (Fsp3) is 0.474. The van der Waals surface area contributed by atoms with Gasteiger partial charge in [0.2, 0.25) is 11.8 Å². The van der Waals surface area contributed by atoms with E-state index in [9.17, 15) is 19.2 Å². The van der Waals surface area contributed by atoms with Crippen molar-refractivity contribution in [2.45, 2.75) is 26.7 Å². The number of benzene rings is 1. The van der Waals surface area contributed by atoms with E-state index in [0.29, 0.717) is 31.7 Å². The lowest BCUT2D eigenvalue weighted by atomic mass is 10.1. The van der Waals surface area contributed by atoms with Gasteiger partial charge in [0, 0.05) is 26.1 Å². The average molecular weight is 375 g/mol. The van der Waals surface area contributed by atoms with Crippen LogP contribution in [0.1, 0.15) is 37.0 Å². The van der Waals surface area contributed by atoms with E-state index in [-0.39, 0.29) is 23.9 Å². The minimum absolute atomic E-state index is 0.0366. The van der Waals surface area contributed by atoms with E-state index in [1.807, 2.05) is 0 Å². The zero-order valence-corrected chi connectivity index (χ0v) is 15.7. The first kappa shape index (κ1) is 20.4. The topological polar surface area (TPSA) is 96.0 Å². The van der Waals surface area contributed by atoms with E-state index >= 15 is 0 Å². The third kappa shape index (κ3) is 5.29. The SMILES string of the molecule is CCNC(=O)CN(CC)C(=O)COC(=O)c1ccccc1N1CCCC1=O. The molecule has 0 aliphatic carbocycles. The molecule has 1 fully saturated rings. The number of ether oxygens (including phenoxy) is 1. The van der Waals surface area contributed by atoms with Crippen LogP contribution in [0.3, 0.4) is 0 Å². The summed E-state index contributed by atoms with van der Waals surface area (Å²) in [6.07, 6.45) is 1.19. The van der Waals surface area contributed by atoms with Gasteiger partial charge in [-0.1, -0.05) is 12.1 Å². The van der Waals surface area contributed by atoms with Crippen molar-refractivity contribution in [2.75, 3.05) is 37.7 Å². The maximum Gasteiger partial charge on any atom is 0.340 e. The first-order chi connectivity index (χ1) is 13.0. The number of amides is 3. The summed E-state index contributed by atoms with van der Waals surface area (Å²) in [7, 11) is 0. The van der Waals surface area contributed by atoms with Crippen LogP contribution in [0.2, 0.25) is 0 Å². The number of hydrogen-bond acceptors (Lipinski definition) is 5. The summed E-state index contributed by atoms with van der Waals surface area (Å²) in [4.78, 5) is 51.2. The fourth-order valence-electron chi connectivity index (χ4n) is 2.88. The first-order valence-corrected chi connectivity index (χ1v) is 9.08. The summed E-state index contributed by atoms with van der Waals surface area (Å²) in [6.45, 7) is 4.34. The molecular formula is C19H25N3O5. The zero-order valence-electron chi connectivity index (χ0n) is 15.7. The lowest BCUT2D eigenvalue weighted by Gasteiger charge is -2.21. The lowest BCUT2D eigenvalue weighted by Crippen LogP contribution is -2.42. The summed E-state index contributed by atoms with van der Waals surface area (Å²) in [5.74, 6) is -1.43. The summed E-state index contributed by atoms with van der Waals surface area (Å²) < 4.78 is 5.15. The molecule has 2 rings (SSSR count). The van der Waals surface area contributed by atoms with Crippen LogP contribution < -0.4 is 10.2 Å². The summed E-state index contributed by atoms with van der Waals surface area (Å²) in [6, 6.07) is 6.68. The van der Waals surface area contributed by atoms with E-state index in [1.54, 1.807) is 43.0 Å². The molecule has 0 spiro atoms. The number of anilines is 1. The van der Waals surface area contributed by atoms with E-state index in [2.05, 4.69) is 5.32 Å². The van der Waals surface area contributed by atoms with Crippen LogP contribution in [-0.4, -0.2) is 61.4 Å². The molecule has 1 aliphatic rings. The summed E-state index contributed by atoms with van der Waals surface area (Å²) in [5.41, 5.74) is 0.736. The van der Waals surface area contributed by atoms with Gasteiger partial charge < -0.3 is 19.9 Å². The molecule has 146 valence electrons. The molecule has 0 radical (unpaired) electrons. The second-order valence-electron chi connectivity index (χ2n) is 6.10. The average Bonchev–Trinajstić information content (AvgIpc) is 3.09. The molecule has 1 aromatic carbocycles. The normalized spacial score (nSPS) is 13.4. The van der Waals surface area contributed by atoms with Gasteiger partial charge in [0.1, 0.15) is 0 Å². The van der Waals surface area contributed by atoms with Crippen molar-refractivity contribution in [3.05, 3.63) is 29.8 Å². The van der Waals surface area contributed by atoms with Crippen molar-refractivity contribution < 1.29 is 23.9 Å². The van der Waals surface area contributed by atoms with Crippen LogP contribution in [0.25, 0.3) is 0 Å². The number of esters is 1. The van der Waals surface area contributed by atoms with Crippen LogP contribution in [0.5, 0.6) is 0 Å². The Balaban J connectivity index is 2.00. The summed E-state index contributed by atoms with van der Waals surface area (Å²) in [5, 5.41) is 2.62. The van der Waals surface area contributed by atoms with Gasteiger partial charge in [-0.05, 0) is 32.4 Å². The standard InChI is InChI=1S/C19H25N3O5/c1-3-20-16(23)12-21(4-2)18(25)13-27-19(26)14-8-5-6-9-15(14)22-11-7-10-17(22)24/h5-6,8-9H,3-4,7,10-13H2,1-2H3,(H,20,23). The molecule has 1 heterocycles. The van der Waals surface area contributed by atoms with Crippen molar-refractivity contribution >= 4 is 29.4 Å². The zero-order chi connectivity index (χ0) is 19.8. The van der Waals surface area contributed by atoms with Crippen molar-refractivity contribution in [1.29, 1.82) is 0 Å². The first-order valence-electron chi connectivity index (χ1n) is 9.08. The molecule has 0 saturated carbocycles. The van der Waals surface area contributed by atoms with Crippen LogP contribution in [-0.2, 0) is 19.1 Å². The Morgan fingerprint density at radius 2 is 1.96 bits per heavy atom. The monoisotopic (exact) mass is 375 g/mol. The molecule has 0 unspecified atom stereocenters. The number of nitrogens with zero attached hydrogens (tertiary/aromatic N) is 2. The molecule has 8 heteroatoms. The van der Waals surface area contributed by atoms with Crippen LogP contribution in [0, 0.1) is 0 Å². The molecule has 27 heavy (non-hydrogen) atoms. The summed E-state index contributed by atoms with van der Waals surface area (Å²) >= 11 is 0. The highest BCUT2D eigenvalue weighted by Crippen LogP contribution is 2.25. The number of likely N-dealkylation sites (N-methyl/N-ethyl adjacent to an activating group) is 2. The Kier molecular flexibility index (Phi) is 7.34. The van der Waals surface area contributed by atoms with Gasteiger partial charge in [-0.2, -0.15) is 0 Å². The number of nitrogens with one attached hydrogen (secondary N) is 1. The largest absolute Gasteiger partial charge is 0.452 e. The Morgan fingerprint density at radius 3 is 2.59 bits per heavy atom. The predicted octanol–water partition coefficient (Wildman–Crippen LogP) is 0.955. The minimum atomic E-state index is -0.673. The highest BCUT2D eigenvalue weighted by molar-refractivity contribution is 6.04. The van der Waals surface area contributed by atoms with Gasteiger partial charge in [-0.3, -0.25) is 14.4 Å². The van der Waals surface area contributed by atoms with Crippen molar-refractivity contribution in [3.63, 3.8) is 0 Å². The molecule has 1 aliphatic heterocycles. The molecule has 8 nitrogen and oxygen atoms in total. The Hall–Kier alpha value is -2.90. The molecule has 0 aromatic heterocycles. The van der Waals surface area contributed by atoms with Crippen LogP contribution >= 0.6 is 0 Å². The Labute approximate surface area is 158 Å². The van der Waals surface area contributed by atoms with Gasteiger partial charge in [0.15, 0.2) is 6.61 Å². The van der Waals surface area contributed by atoms with E-state index in [1.165, 1.54) is 4.90 Å². The quantitative estimate of drug-likeness (QED) is 0.683. The third-order valence-corrected chi connectivity index (χ3v) is 4.26. The number of carbonyl (C=O) groups excluding carboxylic acids is 4. The van der Waals surface area contributed by atoms with Gasteiger partial charge in [0.05, 0.1) is 17.8 Å². The lowest BCUT2D eigenvalue weighted by molar-refractivity contribution is -0.138. The fourth-order valence-corrected chi connectivity index (χ4v) is 2.88. The van der Waals surface area contributed by atoms with E-state index in [0.717, 1.165) is 6.42 Å². The van der Waals surface area contributed by atoms with Gasteiger partial charge >= 0.3 is 5.97 Å². The number of para-hydroxylation sites is 1. The van der Waals surface area contributed by atoms with Gasteiger partial charge in [-0.15, -0.1) is 0 Å². The molecule has 3 amide bonds. The predicted molar refractivity (Wildman–Crippen MR) is 99.2 cm³/mol. The van der Waals surface area contributed by atoms with E-state index in [4.69, 9.17) is 4.74 Å². The van der Waals surface area contributed by atoms with E-state index < -0.39 is 18.5 Å². The minimum Gasteiger partial charge on any atom is -0.452 e. The number of hydrogen-bond donors (Lipinski definition) is 1. The second-order valence-corrected chi connectivity index (χ2v) is 6.10. The second kappa shape index (κ2) is 9.70. The van der Waals surface area contributed by atoms with Crippen molar-refractivity contribution in [2.24, 2.45) is 0 Å². The maximum absolute atomic E-state index is 12.5. The highest BCUT2D eigenvalue weighted by Gasteiger charge is 2.26. The van der Waals surface area contributed by atoms with Crippen molar-refractivity contribution in [1.82, 2.24) is 10.2 Å². The molecule has 1 N–H and O–H groups in total. The van der Waals surface area contributed by atoms with Crippen LogP contribution in [0.15, 0.2) is 24.3 Å². The Morgan fingerprint density at radius 1 is 1.22 bits per heavy atom. The molecular weight excluding hydrogens is 350 g/mol. The molecule has 1 aromatic rings. The molecule has 0 bridgehead atoms. The maximum atomic E-state index is 12.5. The number of carbonyl (C=O) groups is 4.